The summed E-state index contributed by atoms with van der Waals surface area (Å²) >= 11 is 0. The number of amides is 1. The van der Waals surface area contributed by atoms with Gasteiger partial charge in [0.2, 0.25) is 5.91 Å². The summed E-state index contributed by atoms with van der Waals surface area (Å²) in [6, 6.07) is 11.5. The van der Waals surface area contributed by atoms with Crippen molar-refractivity contribution in [3.05, 3.63) is 57.9 Å². The lowest BCUT2D eigenvalue weighted by molar-refractivity contribution is -0.132. The quantitative estimate of drug-likeness (QED) is 0.599. The lowest BCUT2D eigenvalue weighted by Crippen LogP contribution is -2.47. The Morgan fingerprint density at radius 2 is 1.94 bits per heavy atom. The third-order valence-corrected chi connectivity index (χ3v) is 6.18. The minimum Gasteiger partial charge on any atom is -0.493 e. The first-order valence-corrected chi connectivity index (χ1v) is 11.7. The van der Waals surface area contributed by atoms with Crippen molar-refractivity contribution in [1.29, 1.82) is 0 Å². The molecule has 1 aliphatic rings. The molecular weight excluding hydrogens is 416 g/mol. The number of hydrogen-bond donors (Lipinski definition) is 1. The zero-order valence-electron chi connectivity index (χ0n) is 19.7. The molecule has 1 fully saturated rings. The van der Waals surface area contributed by atoms with Gasteiger partial charge in [0.25, 0.3) is 5.56 Å². The lowest BCUT2D eigenvalue weighted by atomic mass is 10.0. The van der Waals surface area contributed by atoms with Crippen LogP contribution in [0.2, 0.25) is 0 Å². The molecule has 1 amide bonds. The standard InChI is InChI=1S/C26H32N4O3/c1-4-16-33-22-10-8-19(9-11-23(31)30-14-12-29(3)13-15-30)17-21(22)25-27-24-18(2)6-5-7-20(24)26(32)28-25/h5-8,10,17H,4,9,11-16H2,1-3H3,(H,27,28,32). The summed E-state index contributed by atoms with van der Waals surface area (Å²) in [5, 5.41) is 0.573. The van der Waals surface area contributed by atoms with Crippen LogP contribution in [0.5, 0.6) is 5.75 Å². The lowest BCUT2D eigenvalue weighted by Gasteiger charge is -2.32. The van der Waals surface area contributed by atoms with E-state index in [9.17, 15) is 9.59 Å². The number of rotatable bonds is 7. The van der Waals surface area contributed by atoms with Crippen molar-refractivity contribution in [3.8, 4) is 17.1 Å². The number of nitrogens with zero attached hydrogens (tertiary/aromatic N) is 3. The Morgan fingerprint density at radius 3 is 2.70 bits per heavy atom. The fourth-order valence-corrected chi connectivity index (χ4v) is 4.15. The van der Waals surface area contributed by atoms with Crippen molar-refractivity contribution in [1.82, 2.24) is 19.8 Å². The average Bonchev–Trinajstić information content (AvgIpc) is 2.82. The van der Waals surface area contributed by atoms with Gasteiger partial charge in [-0.25, -0.2) is 4.98 Å². The van der Waals surface area contributed by atoms with Crippen LogP contribution in [0.4, 0.5) is 0 Å². The van der Waals surface area contributed by atoms with Crippen LogP contribution in [0.1, 0.15) is 30.9 Å². The Labute approximate surface area is 194 Å². The molecule has 33 heavy (non-hydrogen) atoms. The number of aryl methyl sites for hydroxylation is 2. The van der Waals surface area contributed by atoms with Crippen LogP contribution >= 0.6 is 0 Å². The largest absolute Gasteiger partial charge is 0.493 e. The van der Waals surface area contributed by atoms with Crippen molar-refractivity contribution in [2.24, 2.45) is 0 Å². The predicted octanol–water partition coefficient (Wildman–Crippen LogP) is 3.39. The minimum absolute atomic E-state index is 0.171. The minimum atomic E-state index is -0.171. The molecule has 3 aromatic rings. The van der Waals surface area contributed by atoms with Crippen LogP contribution in [0, 0.1) is 6.92 Å². The molecule has 0 aliphatic carbocycles. The zero-order valence-corrected chi connectivity index (χ0v) is 19.7. The number of likely N-dealkylation sites (N-methyl/N-ethyl adjacent to an activating group) is 1. The smallest absolute Gasteiger partial charge is 0.259 e. The Bertz CT molecular complexity index is 1200. The van der Waals surface area contributed by atoms with E-state index in [1.54, 1.807) is 6.07 Å². The maximum Gasteiger partial charge on any atom is 0.259 e. The second-order valence-corrected chi connectivity index (χ2v) is 8.75. The van der Waals surface area contributed by atoms with E-state index in [0.29, 0.717) is 41.9 Å². The highest BCUT2D eigenvalue weighted by atomic mass is 16.5. The van der Waals surface area contributed by atoms with Gasteiger partial charge in [0.1, 0.15) is 11.6 Å². The molecule has 0 radical (unpaired) electrons. The summed E-state index contributed by atoms with van der Waals surface area (Å²) in [5.74, 6) is 1.35. The highest BCUT2D eigenvalue weighted by Gasteiger charge is 2.19. The molecule has 7 nitrogen and oxygen atoms in total. The molecule has 2 heterocycles. The predicted molar refractivity (Wildman–Crippen MR) is 131 cm³/mol. The molecule has 1 saturated heterocycles. The molecule has 2 aromatic carbocycles. The van der Waals surface area contributed by atoms with Gasteiger partial charge in [-0.3, -0.25) is 9.59 Å². The zero-order chi connectivity index (χ0) is 23.4. The molecular formula is C26H32N4O3. The fourth-order valence-electron chi connectivity index (χ4n) is 4.15. The maximum atomic E-state index is 12.8. The third-order valence-electron chi connectivity index (χ3n) is 6.18. The average molecular weight is 449 g/mol. The number of aromatic nitrogens is 2. The van der Waals surface area contributed by atoms with Gasteiger partial charge in [0.15, 0.2) is 0 Å². The Hall–Kier alpha value is -3.19. The molecule has 4 rings (SSSR count). The van der Waals surface area contributed by atoms with Crippen LogP contribution in [0.25, 0.3) is 22.3 Å². The number of hydrogen-bond acceptors (Lipinski definition) is 5. The highest BCUT2D eigenvalue weighted by Crippen LogP contribution is 2.30. The van der Waals surface area contributed by atoms with Gasteiger partial charge in [-0.15, -0.1) is 0 Å². The molecule has 1 aromatic heterocycles. The van der Waals surface area contributed by atoms with Gasteiger partial charge >= 0.3 is 0 Å². The molecule has 0 spiro atoms. The van der Waals surface area contributed by atoms with Crippen molar-refractivity contribution >= 4 is 16.8 Å². The van der Waals surface area contributed by atoms with Gasteiger partial charge in [-0.1, -0.05) is 25.1 Å². The first-order valence-electron chi connectivity index (χ1n) is 11.7. The summed E-state index contributed by atoms with van der Waals surface area (Å²) in [4.78, 5) is 37.3. The molecule has 0 unspecified atom stereocenters. The molecule has 174 valence electrons. The number of aromatic amines is 1. The topological polar surface area (TPSA) is 78.5 Å². The Balaban J connectivity index is 1.62. The highest BCUT2D eigenvalue weighted by molar-refractivity contribution is 5.83. The van der Waals surface area contributed by atoms with E-state index in [1.165, 1.54) is 0 Å². The van der Waals surface area contributed by atoms with E-state index in [0.717, 1.165) is 49.3 Å². The molecule has 0 atom stereocenters. The SMILES string of the molecule is CCCOc1ccc(CCC(=O)N2CCN(C)CC2)cc1-c1nc2c(C)cccc2c(=O)[nH]1. The Kier molecular flexibility index (Phi) is 7.08. The number of carbonyl (C=O) groups excluding carboxylic acids is 1. The molecule has 0 bridgehead atoms. The monoisotopic (exact) mass is 448 g/mol. The number of carbonyl (C=O) groups is 1. The third kappa shape index (κ3) is 5.25. The first-order chi connectivity index (χ1) is 16.0. The van der Waals surface area contributed by atoms with E-state index in [4.69, 9.17) is 9.72 Å². The second-order valence-electron chi connectivity index (χ2n) is 8.75. The van der Waals surface area contributed by atoms with Crippen molar-refractivity contribution in [2.75, 3.05) is 39.8 Å². The number of para-hydroxylation sites is 1. The van der Waals surface area contributed by atoms with Gasteiger partial charge in [-0.05, 0) is 56.1 Å². The normalized spacial score (nSPS) is 14.6. The second kappa shape index (κ2) is 10.2. The van der Waals surface area contributed by atoms with E-state index >= 15 is 0 Å². The number of benzene rings is 2. The van der Waals surface area contributed by atoms with E-state index in [-0.39, 0.29) is 11.5 Å². The van der Waals surface area contributed by atoms with E-state index in [1.807, 2.05) is 42.2 Å². The van der Waals surface area contributed by atoms with Crippen molar-refractivity contribution < 1.29 is 9.53 Å². The number of ether oxygens (including phenoxy) is 1. The maximum absolute atomic E-state index is 12.8. The Morgan fingerprint density at radius 1 is 1.15 bits per heavy atom. The molecule has 7 heteroatoms. The number of fused-ring (bicyclic) bond motifs is 1. The number of H-pyrrole nitrogens is 1. The van der Waals surface area contributed by atoms with E-state index < -0.39 is 0 Å². The molecule has 1 aliphatic heterocycles. The first kappa shape index (κ1) is 23.0. The van der Waals surface area contributed by atoms with Crippen LogP contribution in [-0.4, -0.2) is 65.5 Å². The van der Waals surface area contributed by atoms with Gasteiger partial charge in [0.05, 0.1) is 23.1 Å². The molecule has 0 saturated carbocycles. The molecule has 1 N–H and O–H groups in total. The fraction of sp³-hybridized carbons (Fsp3) is 0.423. The van der Waals surface area contributed by atoms with Gasteiger partial charge < -0.3 is 19.5 Å². The van der Waals surface area contributed by atoms with Crippen LogP contribution < -0.4 is 10.3 Å². The number of nitrogens with one attached hydrogen (secondary N) is 1. The summed E-state index contributed by atoms with van der Waals surface area (Å²) < 4.78 is 5.97. The van der Waals surface area contributed by atoms with Gasteiger partial charge in [-0.2, -0.15) is 0 Å². The van der Waals surface area contributed by atoms with Crippen LogP contribution in [0.15, 0.2) is 41.2 Å². The van der Waals surface area contributed by atoms with E-state index in [2.05, 4.69) is 23.9 Å². The van der Waals surface area contributed by atoms with Crippen LogP contribution in [-0.2, 0) is 11.2 Å². The number of piperazine rings is 1. The van der Waals surface area contributed by atoms with Crippen LogP contribution in [0.3, 0.4) is 0 Å². The summed E-state index contributed by atoms with van der Waals surface area (Å²) in [6.07, 6.45) is 1.96. The summed E-state index contributed by atoms with van der Waals surface area (Å²) in [5.41, 5.74) is 3.23. The van der Waals surface area contributed by atoms with Crippen molar-refractivity contribution in [2.45, 2.75) is 33.1 Å². The summed E-state index contributed by atoms with van der Waals surface area (Å²) in [7, 11) is 2.08. The van der Waals surface area contributed by atoms with Gasteiger partial charge in [0, 0.05) is 32.6 Å². The van der Waals surface area contributed by atoms with Crippen molar-refractivity contribution in [3.63, 3.8) is 0 Å². The summed E-state index contributed by atoms with van der Waals surface area (Å²) in [6.45, 7) is 7.98.